The molecule has 1 aromatic carbocycles. The summed E-state index contributed by atoms with van der Waals surface area (Å²) in [6.07, 6.45) is 0.180. The van der Waals surface area contributed by atoms with Crippen LogP contribution in [0, 0.1) is 11.3 Å². The minimum atomic E-state index is 0.180. The lowest BCUT2D eigenvalue weighted by Crippen LogP contribution is -2.36. The van der Waals surface area contributed by atoms with Gasteiger partial charge in [-0.3, -0.25) is 0 Å². The lowest BCUT2D eigenvalue weighted by Gasteiger charge is -2.19. The molecule has 1 N–H and O–H groups in total. The standard InChI is InChI=1S/C13H18N2O/c1-10(11(2)16-3)15-9-13-6-4-5-12(7-13)8-14/h4-7,10-11,15H,9H2,1-3H3. The van der Waals surface area contributed by atoms with E-state index in [0.717, 1.165) is 12.1 Å². The Morgan fingerprint density at radius 1 is 1.44 bits per heavy atom. The van der Waals surface area contributed by atoms with Crippen LogP contribution in [0.25, 0.3) is 0 Å². The largest absolute Gasteiger partial charge is 0.380 e. The smallest absolute Gasteiger partial charge is 0.0991 e. The summed E-state index contributed by atoms with van der Waals surface area (Å²) in [6.45, 7) is 4.87. The van der Waals surface area contributed by atoms with E-state index >= 15 is 0 Å². The topological polar surface area (TPSA) is 45.0 Å². The van der Waals surface area contributed by atoms with Gasteiger partial charge in [0.15, 0.2) is 0 Å². The van der Waals surface area contributed by atoms with Gasteiger partial charge in [0.2, 0.25) is 0 Å². The van der Waals surface area contributed by atoms with Crippen LogP contribution in [0.15, 0.2) is 24.3 Å². The molecular formula is C13H18N2O. The second-order valence-electron chi connectivity index (χ2n) is 3.92. The van der Waals surface area contributed by atoms with E-state index in [0.29, 0.717) is 5.56 Å². The molecule has 2 atom stereocenters. The Kier molecular flexibility index (Phi) is 4.97. The molecule has 0 aliphatic carbocycles. The van der Waals surface area contributed by atoms with E-state index in [9.17, 15) is 0 Å². The summed E-state index contributed by atoms with van der Waals surface area (Å²) >= 11 is 0. The predicted octanol–water partition coefficient (Wildman–Crippen LogP) is 2.07. The van der Waals surface area contributed by atoms with E-state index in [4.69, 9.17) is 10.00 Å². The molecule has 86 valence electrons. The normalized spacial score (nSPS) is 14.1. The number of ether oxygens (including phenoxy) is 1. The number of nitriles is 1. The fourth-order valence-corrected chi connectivity index (χ4v) is 1.40. The molecule has 2 unspecified atom stereocenters. The molecule has 0 aliphatic rings. The molecule has 0 heterocycles. The Morgan fingerprint density at radius 2 is 2.19 bits per heavy atom. The lowest BCUT2D eigenvalue weighted by atomic mass is 10.1. The molecule has 3 heteroatoms. The minimum absolute atomic E-state index is 0.180. The van der Waals surface area contributed by atoms with Gasteiger partial charge in [0.25, 0.3) is 0 Å². The maximum Gasteiger partial charge on any atom is 0.0991 e. The maximum absolute atomic E-state index is 8.78. The van der Waals surface area contributed by atoms with Crippen molar-refractivity contribution >= 4 is 0 Å². The SMILES string of the molecule is COC(C)C(C)NCc1cccc(C#N)c1. The Labute approximate surface area is 97.0 Å². The Hall–Kier alpha value is -1.37. The number of hydrogen-bond acceptors (Lipinski definition) is 3. The highest BCUT2D eigenvalue weighted by atomic mass is 16.5. The molecular weight excluding hydrogens is 200 g/mol. The molecule has 1 aromatic rings. The highest BCUT2D eigenvalue weighted by molar-refractivity contribution is 5.32. The molecule has 1 rings (SSSR count). The van der Waals surface area contributed by atoms with Crippen LogP contribution in [-0.4, -0.2) is 19.3 Å². The van der Waals surface area contributed by atoms with Crippen molar-refractivity contribution in [2.75, 3.05) is 7.11 Å². The van der Waals surface area contributed by atoms with E-state index in [-0.39, 0.29) is 12.1 Å². The van der Waals surface area contributed by atoms with E-state index in [1.165, 1.54) is 0 Å². The molecule has 0 saturated carbocycles. The molecule has 0 bridgehead atoms. The molecule has 0 spiro atoms. The number of rotatable bonds is 5. The summed E-state index contributed by atoms with van der Waals surface area (Å²) in [5.74, 6) is 0. The molecule has 0 saturated heterocycles. The molecule has 0 aromatic heterocycles. The van der Waals surface area contributed by atoms with Gasteiger partial charge in [0, 0.05) is 19.7 Å². The highest BCUT2D eigenvalue weighted by Gasteiger charge is 2.09. The van der Waals surface area contributed by atoms with Gasteiger partial charge in [-0.25, -0.2) is 0 Å². The van der Waals surface area contributed by atoms with Crippen LogP contribution in [0.5, 0.6) is 0 Å². The third-order valence-corrected chi connectivity index (χ3v) is 2.76. The number of methoxy groups -OCH3 is 1. The van der Waals surface area contributed by atoms with Crippen LogP contribution >= 0.6 is 0 Å². The van der Waals surface area contributed by atoms with Crippen molar-refractivity contribution in [3.05, 3.63) is 35.4 Å². The van der Waals surface area contributed by atoms with Crippen LogP contribution in [-0.2, 0) is 11.3 Å². The predicted molar refractivity (Wildman–Crippen MR) is 63.9 cm³/mol. The van der Waals surface area contributed by atoms with E-state index < -0.39 is 0 Å². The van der Waals surface area contributed by atoms with Crippen LogP contribution in [0.1, 0.15) is 25.0 Å². The van der Waals surface area contributed by atoms with Crippen molar-refractivity contribution in [3.63, 3.8) is 0 Å². The number of nitrogens with zero attached hydrogens (tertiary/aromatic N) is 1. The van der Waals surface area contributed by atoms with Gasteiger partial charge in [-0.2, -0.15) is 5.26 Å². The third kappa shape index (κ3) is 3.65. The quantitative estimate of drug-likeness (QED) is 0.823. The Bertz CT molecular complexity index is 370. The summed E-state index contributed by atoms with van der Waals surface area (Å²) in [7, 11) is 1.71. The Morgan fingerprint density at radius 3 is 2.81 bits per heavy atom. The third-order valence-electron chi connectivity index (χ3n) is 2.76. The first-order valence-electron chi connectivity index (χ1n) is 5.42. The minimum Gasteiger partial charge on any atom is -0.380 e. The van der Waals surface area contributed by atoms with Crippen molar-refractivity contribution < 1.29 is 4.74 Å². The summed E-state index contributed by atoms with van der Waals surface area (Å²) in [4.78, 5) is 0. The summed E-state index contributed by atoms with van der Waals surface area (Å²) < 4.78 is 5.23. The van der Waals surface area contributed by atoms with Gasteiger partial charge < -0.3 is 10.1 Å². The molecule has 0 aliphatic heterocycles. The zero-order valence-corrected chi connectivity index (χ0v) is 10.0. The van der Waals surface area contributed by atoms with Crippen molar-refractivity contribution in [3.8, 4) is 6.07 Å². The van der Waals surface area contributed by atoms with Crippen LogP contribution in [0.3, 0.4) is 0 Å². The number of benzene rings is 1. The van der Waals surface area contributed by atoms with Crippen LogP contribution < -0.4 is 5.32 Å². The van der Waals surface area contributed by atoms with E-state index in [1.54, 1.807) is 7.11 Å². The van der Waals surface area contributed by atoms with Crippen LogP contribution in [0.2, 0.25) is 0 Å². The zero-order valence-electron chi connectivity index (χ0n) is 10.0. The Balaban J connectivity index is 2.51. The molecule has 16 heavy (non-hydrogen) atoms. The summed E-state index contributed by atoms with van der Waals surface area (Å²) in [5.41, 5.74) is 1.82. The second kappa shape index (κ2) is 6.26. The molecule has 0 fully saturated rings. The first kappa shape index (κ1) is 12.7. The molecule has 0 amide bonds. The van der Waals surface area contributed by atoms with Crippen molar-refractivity contribution in [1.29, 1.82) is 5.26 Å². The molecule has 0 radical (unpaired) electrons. The fourth-order valence-electron chi connectivity index (χ4n) is 1.40. The van der Waals surface area contributed by atoms with Gasteiger partial charge in [-0.15, -0.1) is 0 Å². The van der Waals surface area contributed by atoms with Crippen molar-refractivity contribution in [1.82, 2.24) is 5.32 Å². The van der Waals surface area contributed by atoms with Gasteiger partial charge in [0.1, 0.15) is 0 Å². The van der Waals surface area contributed by atoms with Crippen molar-refractivity contribution in [2.45, 2.75) is 32.5 Å². The number of nitrogens with one attached hydrogen (secondary N) is 1. The first-order chi connectivity index (χ1) is 7.67. The average molecular weight is 218 g/mol. The fraction of sp³-hybridized carbons (Fsp3) is 0.462. The summed E-state index contributed by atoms with van der Waals surface area (Å²) in [5, 5.41) is 12.1. The van der Waals surface area contributed by atoms with Gasteiger partial charge in [-0.1, -0.05) is 12.1 Å². The van der Waals surface area contributed by atoms with Gasteiger partial charge >= 0.3 is 0 Å². The maximum atomic E-state index is 8.78. The van der Waals surface area contributed by atoms with E-state index in [2.05, 4.69) is 18.3 Å². The first-order valence-corrected chi connectivity index (χ1v) is 5.42. The van der Waals surface area contributed by atoms with Gasteiger partial charge in [-0.05, 0) is 31.5 Å². The van der Waals surface area contributed by atoms with Gasteiger partial charge in [0.05, 0.1) is 17.7 Å². The lowest BCUT2D eigenvalue weighted by molar-refractivity contribution is 0.0882. The monoisotopic (exact) mass is 218 g/mol. The number of hydrogen-bond donors (Lipinski definition) is 1. The summed E-state index contributed by atoms with van der Waals surface area (Å²) in [6, 6.07) is 10.0. The molecule has 3 nitrogen and oxygen atoms in total. The zero-order chi connectivity index (χ0) is 12.0. The second-order valence-corrected chi connectivity index (χ2v) is 3.92. The van der Waals surface area contributed by atoms with Crippen LogP contribution in [0.4, 0.5) is 0 Å². The van der Waals surface area contributed by atoms with E-state index in [1.807, 2.05) is 31.2 Å². The highest BCUT2D eigenvalue weighted by Crippen LogP contribution is 2.05. The average Bonchev–Trinajstić information content (AvgIpc) is 2.35. The van der Waals surface area contributed by atoms with Crippen molar-refractivity contribution in [2.24, 2.45) is 0 Å².